The molecule has 3 N–H and O–H groups in total. The first-order valence-electron chi connectivity index (χ1n) is 6.29. The van der Waals surface area contributed by atoms with Crippen LogP contribution in [0.4, 0.5) is 9.18 Å². The molecule has 2 amide bonds. The number of aryl methyl sites for hydroxylation is 2. The maximum absolute atomic E-state index is 13.5. The third kappa shape index (κ3) is 4.21. The molecule has 0 aliphatic carbocycles. The maximum atomic E-state index is 13.5. The first kappa shape index (κ1) is 15.4. The van der Waals surface area contributed by atoms with E-state index in [0.717, 1.165) is 5.56 Å². The smallest absolute Gasteiger partial charge is 0.315 e. The lowest BCUT2D eigenvalue weighted by Gasteiger charge is -2.18. The summed E-state index contributed by atoms with van der Waals surface area (Å²) in [7, 11) is 0. The van der Waals surface area contributed by atoms with Gasteiger partial charge in [-0.2, -0.15) is 0 Å². The molecule has 0 bridgehead atoms. The van der Waals surface area contributed by atoms with E-state index in [1.165, 1.54) is 0 Å². The van der Waals surface area contributed by atoms with Gasteiger partial charge < -0.3 is 15.7 Å². The van der Waals surface area contributed by atoms with Crippen molar-refractivity contribution in [2.75, 3.05) is 6.61 Å². The average molecular weight is 268 g/mol. The molecule has 5 heteroatoms. The van der Waals surface area contributed by atoms with E-state index in [1.807, 2.05) is 6.92 Å². The van der Waals surface area contributed by atoms with Crippen LogP contribution in [0.15, 0.2) is 12.1 Å². The number of hydrogen-bond acceptors (Lipinski definition) is 2. The fourth-order valence-corrected chi connectivity index (χ4v) is 1.82. The molecule has 0 saturated heterocycles. The van der Waals surface area contributed by atoms with Crippen molar-refractivity contribution in [1.29, 1.82) is 0 Å². The van der Waals surface area contributed by atoms with Crippen LogP contribution in [0.3, 0.4) is 0 Å². The van der Waals surface area contributed by atoms with Gasteiger partial charge in [-0.25, -0.2) is 9.18 Å². The Morgan fingerprint density at radius 3 is 2.26 bits per heavy atom. The lowest BCUT2D eigenvalue weighted by Crippen LogP contribution is -2.43. The summed E-state index contributed by atoms with van der Waals surface area (Å²) < 4.78 is 13.5. The summed E-state index contributed by atoms with van der Waals surface area (Å²) >= 11 is 0. The van der Waals surface area contributed by atoms with Gasteiger partial charge in [-0.1, -0.05) is 12.1 Å². The number of aliphatic hydroxyl groups is 1. The van der Waals surface area contributed by atoms with Gasteiger partial charge in [0.2, 0.25) is 0 Å². The number of urea groups is 1. The second-order valence-electron chi connectivity index (χ2n) is 4.89. The second kappa shape index (κ2) is 6.52. The molecule has 19 heavy (non-hydrogen) atoms. The molecule has 0 spiro atoms. The summed E-state index contributed by atoms with van der Waals surface area (Å²) in [5.41, 5.74) is 1.98. The monoisotopic (exact) mass is 268 g/mol. The van der Waals surface area contributed by atoms with E-state index >= 15 is 0 Å². The molecule has 1 aromatic carbocycles. The number of carbonyl (C=O) groups is 1. The number of amides is 2. The van der Waals surface area contributed by atoms with Crippen molar-refractivity contribution >= 4 is 6.03 Å². The molecule has 0 aliphatic rings. The summed E-state index contributed by atoms with van der Waals surface area (Å²) in [5, 5.41) is 14.2. The van der Waals surface area contributed by atoms with E-state index in [4.69, 9.17) is 5.11 Å². The number of halogens is 1. The minimum absolute atomic E-state index is 0.115. The SMILES string of the molecule is Cc1cc(C(C)NC(=O)NC(C)CO)cc(C)c1F. The Bertz CT molecular complexity index is 440. The standard InChI is InChI=1S/C14H21FN2O2/c1-8-5-12(6-9(2)13(8)15)11(4)17-14(19)16-10(3)7-18/h5-6,10-11,18H,7H2,1-4H3,(H2,16,17,19). The van der Waals surface area contributed by atoms with Crippen molar-refractivity contribution < 1.29 is 14.3 Å². The molecule has 1 rings (SSSR count). The molecule has 0 aliphatic heterocycles. The number of rotatable bonds is 4. The zero-order valence-electron chi connectivity index (χ0n) is 11.7. The van der Waals surface area contributed by atoms with Crippen molar-refractivity contribution in [1.82, 2.24) is 10.6 Å². The highest BCUT2D eigenvalue weighted by molar-refractivity contribution is 5.74. The van der Waals surface area contributed by atoms with Gasteiger partial charge in [0.05, 0.1) is 18.7 Å². The number of nitrogens with one attached hydrogen (secondary N) is 2. The van der Waals surface area contributed by atoms with E-state index in [2.05, 4.69) is 10.6 Å². The predicted molar refractivity (Wildman–Crippen MR) is 72.5 cm³/mol. The molecule has 0 fully saturated rings. The quantitative estimate of drug-likeness (QED) is 0.784. The molecule has 2 unspecified atom stereocenters. The van der Waals surface area contributed by atoms with Crippen LogP contribution in [-0.4, -0.2) is 23.8 Å². The fraction of sp³-hybridized carbons (Fsp3) is 0.500. The Kier molecular flexibility index (Phi) is 5.30. The summed E-state index contributed by atoms with van der Waals surface area (Å²) in [6.07, 6.45) is 0. The topological polar surface area (TPSA) is 61.4 Å². The van der Waals surface area contributed by atoms with Gasteiger partial charge in [-0.15, -0.1) is 0 Å². The minimum Gasteiger partial charge on any atom is -0.394 e. The molecule has 4 nitrogen and oxygen atoms in total. The Morgan fingerprint density at radius 1 is 1.26 bits per heavy atom. The third-order valence-corrected chi connectivity index (χ3v) is 2.96. The molecule has 2 atom stereocenters. The van der Waals surface area contributed by atoms with E-state index in [1.54, 1.807) is 32.9 Å². The Labute approximate surface area is 113 Å². The molecule has 0 heterocycles. The molecule has 0 radical (unpaired) electrons. The highest BCUT2D eigenvalue weighted by atomic mass is 19.1. The van der Waals surface area contributed by atoms with Crippen molar-refractivity contribution in [2.24, 2.45) is 0 Å². The molecule has 1 aromatic rings. The Morgan fingerprint density at radius 2 is 1.79 bits per heavy atom. The van der Waals surface area contributed by atoms with Gasteiger partial charge in [-0.05, 0) is 44.4 Å². The van der Waals surface area contributed by atoms with E-state index in [9.17, 15) is 9.18 Å². The predicted octanol–water partition coefficient (Wildman–Crippen LogP) is 2.18. The van der Waals surface area contributed by atoms with E-state index < -0.39 is 0 Å². The zero-order chi connectivity index (χ0) is 14.6. The van der Waals surface area contributed by atoms with Crippen molar-refractivity contribution in [3.63, 3.8) is 0 Å². The van der Waals surface area contributed by atoms with Gasteiger partial charge in [-0.3, -0.25) is 0 Å². The van der Waals surface area contributed by atoms with Crippen LogP contribution in [-0.2, 0) is 0 Å². The lowest BCUT2D eigenvalue weighted by atomic mass is 10.0. The minimum atomic E-state index is -0.353. The largest absolute Gasteiger partial charge is 0.394 e. The van der Waals surface area contributed by atoms with Gasteiger partial charge in [0.15, 0.2) is 0 Å². The second-order valence-corrected chi connectivity index (χ2v) is 4.89. The maximum Gasteiger partial charge on any atom is 0.315 e. The average Bonchev–Trinajstić information content (AvgIpc) is 2.34. The first-order valence-corrected chi connectivity index (χ1v) is 6.29. The number of benzene rings is 1. The van der Waals surface area contributed by atoms with Crippen LogP contribution in [0, 0.1) is 19.7 Å². The third-order valence-electron chi connectivity index (χ3n) is 2.96. The number of aliphatic hydroxyl groups excluding tert-OH is 1. The van der Waals surface area contributed by atoms with Gasteiger partial charge in [0, 0.05) is 0 Å². The fourth-order valence-electron chi connectivity index (χ4n) is 1.82. The summed E-state index contributed by atoms with van der Waals surface area (Å²) in [6, 6.07) is 2.56. The van der Waals surface area contributed by atoms with Gasteiger partial charge >= 0.3 is 6.03 Å². The van der Waals surface area contributed by atoms with Crippen LogP contribution in [0.25, 0.3) is 0 Å². The lowest BCUT2D eigenvalue weighted by molar-refractivity contribution is 0.218. The van der Waals surface area contributed by atoms with Crippen LogP contribution >= 0.6 is 0 Å². The first-order chi connectivity index (χ1) is 8.85. The molecule has 0 saturated carbocycles. The van der Waals surface area contributed by atoms with Gasteiger partial charge in [0.1, 0.15) is 5.82 Å². The van der Waals surface area contributed by atoms with Crippen molar-refractivity contribution in [2.45, 2.75) is 39.8 Å². The Hall–Kier alpha value is -1.62. The van der Waals surface area contributed by atoms with Gasteiger partial charge in [0.25, 0.3) is 0 Å². The Balaban J connectivity index is 2.73. The highest BCUT2D eigenvalue weighted by Gasteiger charge is 2.13. The molecular weight excluding hydrogens is 247 g/mol. The van der Waals surface area contributed by atoms with Crippen LogP contribution in [0.1, 0.15) is 36.6 Å². The normalized spacial score (nSPS) is 13.8. The summed E-state index contributed by atoms with van der Waals surface area (Å²) in [4.78, 5) is 11.6. The molecular formula is C14H21FN2O2. The van der Waals surface area contributed by atoms with Crippen LogP contribution in [0.5, 0.6) is 0 Å². The zero-order valence-corrected chi connectivity index (χ0v) is 11.7. The van der Waals surface area contributed by atoms with E-state index in [0.29, 0.717) is 11.1 Å². The van der Waals surface area contributed by atoms with E-state index in [-0.39, 0.29) is 30.5 Å². The molecule has 0 aromatic heterocycles. The molecule has 106 valence electrons. The number of carbonyl (C=O) groups excluding carboxylic acids is 1. The number of hydrogen-bond donors (Lipinski definition) is 3. The summed E-state index contributed by atoms with van der Waals surface area (Å²) in [6.45, 7) is 6.82. The van der Waals surface area contributed by atoms with Crippen molar-refractivity contribution in [3.05, 3.63) is 34.6 Å². The highest BCUT2D eigenvalue weighted by Crippen LogP contribution is 2.19. The summed E-state index contributed by atoms with van der Waals surface area (Å²) in [5.74, 6) is -0.214. The van der Waals surface area contributed by atoms with Crippen LogP contribution < -0.4 is 10.6 Å². The van der Waals surface area contributed by atoms with Crippen molar-refractivity contribution in [3.8, 4) is 0 Å². The van der Waals surface area contributed by atoms with Crippen LogP contribution in [0.2, 0.25) is 0 Å².